The van der Waals surface area contributed by atoms with E-state index in [2.05, 4.69) is 4.98 Å². The number of amides is 1. The number of pyridine rings is 1. The van der Waals surface area contributed by atoms with Crippen molar-refractivity contribution in [2.24, 2.45) is 0 Å². The van der Waals surface area contributed by atoms with Crippen molar-refractivity contribution >= 4 is 17.7 Å². The van der Waals surface area contributed by atoms with Crippen LogP contribution in [0.15, 0.2) is 79.0 Å². The third kappa shape index (κ3) is 5.17. The molecule has 1 amide bonds. The van der Waals surface area contributed by atoms with Gasteiger partial charge in [0.25, 0.3) is 0 Å². The average molecular weight is 376 g/mol. The van der Waals surface area contributed by atoms with Crippen molar-refractivity contribution in [2.75, 3.05) is 11.4 Å². The first-order valence-corrected chi connectivity index (χ1v) is 8.85. The largest absolute Gasteiger partial charge is 0.478 e. The summed E-state index contributed by atoms with van der Waals surface area (Å²) in [6.07, 6.45) is 1.75. The van der Waals surface area contributed by atoms with E-state index >= 15 is 0 Å². The first-order chi connectivity index (χ1) is 13.6. The lowest BCUT2D eigenvalue weighted by molar-refractivity contribution is 0.0697. The number of rotatable bonds is 7. The lowest BCUT2D eigenvalue weighted by Gasteiger charge is -2.22. The van der Waals surface area contributed by atoms with Crippen LogP contribution in [0.2, 0.25) is 0 Å². The van der Waals surface area contributed by atoms with Gasteiger partial charge in [-0.3, -0.25) is 9.88 Å². The number of carboxylic acids is 1. The molecule has 0 saturated carbocycles. The number of carboxylic acid groups (broad SMARTS) is 1. The van der Waals surface area contributed by atoms with Gasteiger partial charge in [-0.1, -0.05) is 36.4 Å². The number of aromatic carboxylic acids is 1. The summed E-state index contributed by atoms with van der Waals surface area (Å²) in [6.45, 7) is 0.518. The maximum atomic E-state index is 12.7. The van der Waals surface area contributed by atoms with Gasteiger partial charge in [0.1, 0.15) is 6.61 Å². The highest BCUT2D eigenvalue weighted by Crippen LogP contribution is 2.18. The molecule has 0 aliphatic carbocycles. The predicted molar refractivity (Wildman–Crippen MR) is 105 cm³/mol. The number of anilines is 1. The van der Waals surface area contributed by atoms with Crippen LogP contribution in [-0.2, 0) is 17.8 Å². The summed E-state index contributed by atoms with van der Waals surface area (Å²) in [4.78, 5) is 29.6. The summed E-state index contributed by atoms with van der Waals surface area (Å²) in [5.74, 6) is -1.02. The average Bonchev–Trinajstić information content (AvgIpc) is 2.74. The van der Waals surface area contributed by atoms with Gasteiger partial charge in [-0.2, -0.15) is 0 Å². The van der Waals surface area contributed by atoms with Crippen LogP contribution >= 0.6 is 0 Å². The fraction of sp³-hybridized carbons (Fsp3) is 0.136. The Morgan fingerprint density at radius 2 is 1.64 bits per heavy atom. The van der Waals surface area contributed by atoms with Crippen LogP contribution in [0.5, 0.6) is 0 Å². The molecular weight excluding hydrogens is 356 g/mol. The van der Waals surface area contributed by atoms with E-state index < -0.39 is 12.1 Å². The number of nitrogens with zero attached hydrogens (tertiary/aromatic N) is 2. The molecule has 1 N–H and O–H groups in total. The summed E-state index contributed by atoms with van der Waals surface area (Å²) in [6, 6.07) is 21.2. The summed E-state index contributed by atoms with van der Waals surface area (Å²) < 4.78 is 5.46. The van der Waals surface area contributed by atoms with E-state index in [4.69, 9.17) is 9.84 Å². The molecule has 1 aromatic heterocycles. The van der Waals surface area contributed by atoms with E-state index in [-0.39, 0.29) is 12.2 Å². The topological polar surface area (TPSA) is 79.7 Å². The zero-order valence-corrected chi connectivity index (χ0v) is 15.2. The second kappa shape index (κ2) is 9.32. The molecule has 0 unspecified atom stereocenters. The van der Waals surface area contributed by atoms with Gasteiger partial charge >= 0.3 is 12.1 Å². The first kappa shape index (κ1) is 19.1. The van der Waals surface area contributed by atoms with E-state index in [1.165, 1.54) is 17.0 Å². The third-order valence-electron chi connectivity index (χ3n) is 4.17. The van der Waals surface area contributed by atoms with Crippen LogP contribution in [0.3, 0.4) is 0 Å². The minimum absolute atomic E-state index is 0.158. The summed E-state index contributed by atoms with van der Waals surface area (Å²) in [5.41, 5.74) is 2.47. The van der Waals surface area contributed by atoms with Gasteiger partial charge in [-0.05, 0) is 42.0 Å². The van der Waals surface area contributed by atoms with E-state index in [1.54, 1.807) is 18.3 Å². The Morgan fingerprint density at radius 3 is 2.29 bits per heavy atom. The van der Waals surface area contributed by atoms with Crippen molar-refractivity contribution in [3.8, 4) is 0 Å². The van der Waals surface area contributed by atoms with Crippen LogP contribution in [-0.4, -0.2) is 28.7 Å². The summed E-state index contributed by atoms with van der Waals surface area (Å²) in [7, 11) is 0. The molecule has 6 heteroatoms. The van der Waals surface area contributed by atoms with Crippen molar-refractivity contribution in [2.45, 2.75) is 13.0 Å². The number of carbonyl (C=O) groups is 2. The lowest BCUT2D eigenvalue weighted by Crippen LogP contribution is -2.33. The molecule has 1 heterocycles. The molecule has 0 aliphatic rings. The third-order valence-corrected chi connectivity index (χ3v) is 4.17. The van der Waals surface area contributed by atoms with Crippen LogP contribution in [0.25, 0.3) is 0 Å². The molecule has 0 saturated heterocycles. The number of aromatic nitrogens is 1. The fourth-order valence-electron chi connectivity index (χ4n) is 2.68. The second-order valence-electron chi connectivity index (χ2n) is 6.11. The van der Waals surface area contributed by atoms with Crippen molar-refractivity contribution in [3.63, 3.8) is 0 Å². The molecule has 142 valence electrons. The van der Waals surface area contributed by atoms with Crippen molar-refractivity contribution in [1.82, 2.24) is 4.98 Å². The number of hydrogen-bond donors (Lipinski definition) is 1. The Balaban J connectivity index is 1.74. The minimum Gasteiger partial charge on any atom is -0.478 e. The van der Waals surface area contributed by atoms with Gasteiger partial charge in [0.05, 0.1) is 5.56 Å². The SMILES string of the molecule is O=C(O)c1ccc(N(CCc2ccccn2)C(=O)OCc2ccccc2)cc1. The summed E-state index contributed by atoms with van der Waals surface area (Å²) in [5, 5.41) is 9.07. The predicted octanol–water partition coefficient (Wildman–Crippen LogP) is 4.17. The maximum Gasteiger partial charge on any atom is 0.414 e. The molecule has 0 aliphatic heterocycles. The van der Waals surface area contributed by atoms with E-state index in [1.807, 2.05) is 48.5 Å². The normalized spacial score (nSPS) is 10.3. The molecule has 3 aromatic rings. The second-order valence-corrected chi connectivity index (χ2v) is 6.11. The molecule has 0 fully saturated rings. The van der Waals surface area contributed by atoms with E-state index in [9.17, 15) is 9.59 Å². The number of ether oxygens (including phenoxy) is 1. The van der Waals surface area contributed by atoms with Crippen molar-refractivity contribution in [1.29, 1.82) is 0 Å². The standard InChI is InChI=1S/C22H20N2O4/c25-21(26)18-9-11-20(12-10-18)24(15-13-19-8-4-5-14-23-19)22(27)28-16-17-6-2-1-3-7-17/h1-12,14H,13,15-16H2,(H,25,26). The fourth-order valence-corrected chi connectivity index (χ4v) is 2.68. The Morgan fingerprint density at radius 1 is 0.929 bits per heavy atom. The van der Waals surface area contributed by atoms with Crippen LogP contribution < -0.4 is 4.90 Å². The van der Waals surface area contributed by atoms with E-state index in [0.717, 1.165) is 11.3 Å². The zero-order chi connectivity index (χ0) is 19.8. The molecule has 2 aromatic carbocycles. The highest BCUT2D eigenvalue weighted by atomic mass is 16.6. The summed E-state index contributed by atoms with van der Waals surface area (Å²) >= 11 is 0. The Hall–Kier alpha value is -3.67. The Labute approximate surface area is 163 Å². The van der Waals surface area contributed by atoms with Crippen LogP contribution in [0.1, 0.15) is 21.6 Å². The first-order valence-electron chi connectivity index (χ1n) is 8.85. The highest BCUT2D eigenvalue weighted by molar-refractivity contribution is 5.91. The lowest BCUT2D eigenvalue weighted by atomic mass is 10.2. The van der Waals surface area contributed by atoms with Crippen LogP contribution in [0, 0.1) is 0 Å². The molecule has 0 spiro atoms. The highest BCUT2D eigenvalue weighted by Gasteiger charge is 2.18. The maximum absolute atomic E-state index is 12.7. The van der Waals surface area contributed by atoms with Crippen molar-refractivity contribution in [3.05, 3.63) is 95.8 Å². The zero-order valence-electron chi connectivity index (χ0n) is 15.2. The monoisotopic (exact) mass is 376 g/mol. The quantitative estimate of drug-likeness (QED) is 0.670. The Kier molecular flexibility index (Phi) is 6.36. The molecule has 6 nitrogen and oxygen atoms in total. The molecule has 3 rings (SSSR count). The molecule has 28 heavy (non-hydrogen) atoms. The van der Waals surface area contributed by atoms with E-state index in [0.29, 0.717) is 18.7 Å². The van der Waals surface area contributed by atoms with Gasteiger partial charge in [-0.15, -0.1) is 0 Å². The van der Waals surface area contributed by atoms with Gasteiger partial charge in [0.2, 0.25) is 0 Å². The van der Waals surface area contributed by atoms with Crippen molar-refractivity contribution < 1.29 is 19.4 Å². The number of hydrogen-bond acceptors (Lipinski definition) is 4. The number of carbonyl (C=O) groups excluding carboxylic acids is 1. The van der Waals surface area contributed by atoms with Gasteiger partial charge in [0, 0.05) is 30.5 Å². The van der Waals surface area contributed by atoms with Gasteiger partial charge in [0.15, 0.2) is 0 Å². The molecule has 0 bridgehead atoms. The number of benzene rings is 2. The minimum atomic E-state index is -1.02. The van der Waals surface area contributed by atoms with Gasteiger partial charge in [-0.25, -0.2) is 9.59 Å². The molecule has 0 atom stereocenters. The molecule has 0 radical (unpaired) electrons. The smallest absolute Gasteiger partial charge is 0.414 e. The van der Waals surface area contributed by atoms with Gasteiger partial charge < -0.3 is 9.84 Å². The molecular formula is C22H20N2O4. The van der Waals surface area contributed by atoms with Crippen LogP contribution in [0.4, 0.5) is 10.5 Å². The Bertz CT molecular complexity index is 912.